The van der Waals surface area contributed by atoms with Crippen LogP contribution >= 0.6 is 22.9 Å². The van der Waals surface area contributed by atoms with E-state index in [0.29, 0.717) is 10.9 Å². The Labute approximate surface area is 116 Å². The highest BCUT2D eigenvalue weighted by Crippen LogP contribution is 2.25. The molecule has 2 N–H and O–H groups in total. The van der Waals surface area contributed by atoms with Crippen LogP contribution in [-0.2, 0) is 14.8 Å². The van der Waals surface area contributed by atoms with Gasteiger partial charge in [0.05, 0.1) is 10.4 Å². The smallest absolute Gasteiger partial charge is 0.250 e. The van der Waals surface area contributed by atoms with E-state index in [1.54, 1.807) is 0 Å². The molecule has 18 heavy (non-hydrogen) atoms. The molecule has 0 bridgehead atoms. The van der Waals surface area contributed by atoms with E-state index >= 15 is 0 Å². The summed E-state index contributed by atoms with van der Waals surface area (Å²) >= 11 is 6.63. The average molecular weight is 311 g/mol. The third-order valence-corrected chi connectivity index (χ3v) is 5.35. The largest absolute Gasteiger partial charge is 0.355 e. The van der Waals surface area contributed by atoms with Gasteiger partial charge in [-0.15, -0.1) is 11.3 Å². The van der Waals surface area contributed by atoms with Crippen molar-refractivity contribution in [1.82, 2.24) is 10.0 Å². The summed E-state index contributed by atoms with van der Waals surface area (Å²) in [5.41, 5.74) is 0. The summed E-state index contributed by atoms with van der Waals surface area (Å²) in [5.74, 6) is -0.344. The van der Waals surface area contributed by atoms with Gasteiger partial charge in [-0.3, -0.25) is 4.79 Å². The number of nitrogens with one attached hydrogen (secondary N) is 2. The first-order valence-corrected chi connectivity index (χ1v) is 8.10. The Balaban J connectivity index is 2.69. The number of carbonyl (C=O) groups excluding carboxylic acids is 1. The first-order valence-electron chi connectivity index (χ1n) is 5.42. The standard InChI is InChI=1S/C10H15ClN2O3S2/c1-3-6-12-10(14)7(2)13-18(15,16)9-5-4-8(11)17-9/h4-5,7,13H,3,6H2,1-2H3,(H,12,14)/t7-/m1/s1. The van der Waals surface area contributed by atoms with Crippen LogP contribution in [0, 0.1) is 0 Å². The molecule has 0 aliphatic carbocycles. The van der Waals surface area contributed by atoms with Gasteiger partial charge in [0.25, 0.3) is 10.0 Å². The molecule has 0 saturated carbocycles. The van der Waals surface area contributed by atoms with Crippen molar-refractivity contribution in [1.29, 1.82) is 0 Å². The van der Waals surface area contributed by atoms with Gasteiger partial charge in [0.15, 0.2) is 0 Å². The molecule has 0 aliphatic rings. The number of halogens is 1. The summed E-state index contributed by atoms with van der Waals surface area (Å²) in [4.78, 5) is 11.6. The minimum absolute atomic E-state index is 0.0997. The summed E-state index contributed by atoms with van der Waals surface area (Å²) in [6, 6.07) is 2.09. The third kappa shape index (κ3) is 4.24. The Morgan fingerprint density at radius 3 is 2.67 bits per heavy atom. The molecular weight excluding hydrogens is 296 g/mol. The zero-order valence-corrected chi connectivity index (χ0v) is 12.5. The van der Waals surface area contributed by atoms with Crippen molar-refractivity contribution in [2.24, 2.45) is 0 Å². The molecule has 0 spiro atoms. The fourth-order valence-corrected chi connectivity index (χ4v) is 3.89. The lowest BCUT2D eigenvalue weighted by Gasteiger charge is -2.13. The zero-order valence-electron chi connectivity index (χ0n) is 10.1. The molecule has 0 aromatic carbocycles. The molecule has 1 rings (SSSR count). The van der Waals surface area contributed by atoms with Crippen molar-refractivity contribution in [2.75, 3.05) is 6.54 Å². The van der Waals surface area contributed by atoms with E-state index in [4.69, 9.17) is 11.6 Å². The van der Waals surface area contributed by atoms with Crippen LogP contribution in [0.2, 0.25) is 4.34 Å². The van der Waals surface area contributed by atoms with Crippen molar-refractivity contribution in [2.45, 2.75) is 30.5 Å². The Kier molecular flexibility index (Phi) is 5.58. The van der Waals surface area contributed by atoms with Crippen LogP contribution in [0.25, 0.3) is 0 Å². The van der Waals surface area contributed by atoms with E-state index in [9.17, 15) is 13.2 Å². The van der Waals surface area contributed by atoms with Gasteiger partial charge < -0.3 is 5.32 Å². The number of carbonyl (C=O) groups is 1. The predicted octanol–water partition coefficient (Wildman–Crippen LogP) is 1.59. The van der Waals surface area contributed by atoms with Crippen LogP contribution in [0.15, 0.2) is 16.3 Å². The molecule has 1 aromatic rings. The maximum atomic E-state index is 11.9. The average Bonchev–Trinajstić information content (AvgIpc) is 2.72. The number of amides is 1. The number of sulfonamides is 1. The third-order valence-electron chi connectivity index (χ3n) is 2.09. The second-order valence-electron chi connectivity index (χ2n) is 3.69. The van der Waals surface area contributed by atoms with Gasteiger partial charge >= 0.3 is 0 Å². The van der Waals surface area contributed by atoms with Gasteiger partial charge in [-0.1, -0.05) is 18.5 Å². The minimum Gasteiger partial charge on any atom is -0.355 e. The summed E-state index contributed by atoms with van der Waals surface area (Å²) < 4.78 is 26.6. The van der Waals surface area contributed by atoms with Gasteiger partial charge in [0.1, 0.15) is 4.21 Å². The molecule has 1 atom stereocenters. The summed E-state index contributed by atoms with van der Waals surface area (Å²) in [7, 11) is -3.69. The Morgan fingerprint density at radius 1 is 1.50 bits per heavy atom. The highest BCUT2D eigenvalue weighted by molar-refractivity contribution is 7.91. The van der Waals surface area contributed by atoms with Crippen molar-refractivity contribution >= 4 is 38.9 Å². The highest BCUT2D eigenvalue weighted by Gasteiger charge is 2.22. The Morgan fingerprint density at radius 2 is 2.17 bits per heavy atom. The molecule has 0 unspecified atom stereocenters. The van der Waals surface area contributed by atoms with Gasteiger partial charge in [-0.25, -0.2) is 8.42 Å². The van der Waals surface area contributed by atoms with Crippen molar-refractivity contribution < 1.29 is 13.2 Å². The lowest BCUT2D eigenvalue weighted by atomic mass is 10.3. The summed E-state index contributed by atoms with van der Waals surface area (Å²) in [6.45, 7) is 3.94. The number of hydrogen-bond acceptors (Lipinski definition) is 4. The van der Waals surface area contributed by atoms with Gasteiger partial charge in [-0.05, 0) is 25.5 Å². The molecule has 1 aromatic heterocycles. The zero-order chi connectivity index (χ0) is 13.8. The predicted molar refractivity (Wildman–Crippen MR) is 72.4 cm³/mol. The van der Waals surface area contributed by atoms with Crippen LogP contribution in [0.3, 0.4) is 0 Å². The topological polar surface area (TPSA) is 75.3 Å². The molecule has 1 amide bonds. The fourth-order valence-electron chi connectivity index (χ4n) is 1.19. The van der Waals surface area contributed by atoms with E-state index < -0.39 is 16.1 Å². The van der Waals surface area contributed by atoms with Crippen LogP contribution in [0.4, 0.5) is 0 Å². The molecule has 0 fully saturated rings. The minimum atomic E-state index is -3.69. The van der Waals surface area contributed by atoms with E-state index in [1.807, 2.05) is 6.92 Å². The molecule has 0 aliphatic heterocycles. The Bertz CT molecular complexity index is 513. The fraction of sp³-hybridized carbons (Fsp3) is 0.500. The first kappa shape index (κ1) is 15.4. The van der Waals surface area contributed by atoms with Gasteiger partial charge in [0.2, 0.25) is 5.91 Å². The first-order chi connectivity index (χ1) is 8.36. The second kappa shape index (κ2) is 6.51. The molecule has 102 valence electrons. The van der Waals surface area contributed by atoms with Crippen molar-refractivity contribution in [3.8, 4) is 0 Å². The number of hydrogen-bond donors (Lipinski definition) is 2. The SMILES string of the molecule is CCCNC(=O)[C@@H](C)NS(=O)(=O)c1ccc(Cl)s1. The molecule has 0 saturated heterocycles. The van der Waals surface area contributed by atoms with Crippen molar-refractivity contribution in [3.63, 3.8) is 0 Å². The molecule has 0 radical (unpaired) electrons. The van der Waals surface area contributed by atoms with Gasteiger partial charge in [0, 0.05) is 6.54 Å². The Hall–Kier alpha value is -0.630. The molecule has 5 nitrogen and oxygen atoms in total. The van der Waals surface area contributed by atoms with Crippen LogP contribution < -0.4 is 10.0 Å². The van der Waals surface area contributed by atoms with E-state index in [0.717, 1.165) is 17.8 Å². The van der Waals surface area contributed by atoms with Crippen LogP contribution in [-0.4, -0.2) is 26.9 Å². The normalized spacial score (nSPS) is 13.3. The van der Waals surface area contributed by atoms with E-state index in [1.165, 1.54) is 19.1 Å². The summed E-state index contributed by atoms with van der Waals surface area (Å²) in [5, 5.41) is 2.62. The van der Waals surface area contributed by atoms with Crippen LogP contribution in [0.1, 0.15) is 20.3 Å². The monoisotopic (exact) mass is 310 g/mol. The van der Waals surface area contributed by atoms with E-state index in [2.05, 4.69) is 10.0 Å². The quantitative estimate of drug-likeness (QED) is 0.838. The molecular formula is C10H15ClN2O3S2. The highest BCUT2D eigenvalue weighted by atomic mass is 35.5. The number of thiophene rings is 1. The lowest BCUT2D eigenvalue weighted by molar-refractivity contribution is -0.122. The number of rotatable bonds is 6. The maximum absolute atomic E-state index is 11.9. The lowest BCUT2D eigenvalue weighted by Crippen LogP contribution is -2.44. The maximum Gasteiger partial charge on any atom is 0.250 e. The van der Waals surface area contributed by atoms with Crippen molar-refractivity contribution in [3.05, 3.63) is 16.5 Å². The van der Waals surface area contributed by atoms with E-state index in [-0.39, 0.29) is 10.1 Å². The van der Waals surface area contributed by atoms with Gasteiger partial charge in [-0.2, -0.15) is 4.72 Å². The van der Waals surface area contributed by atoms with Crippen LogP contribution in [0.5, 0.6) is 0 Å². The second-order valence-corrected chi connectivity index (χ2v) is 7.35. The molecule has 8 heteroatoms. The molecule has 1 heterocycles. The summed E-state index contributed by atoms with van der Waals surface area (Å²) in [6.07, 6.45) is 0.797.